The van der Waals surface area contributed by atoms with Crippen molar-refractivity contribution in [2.45, 2.75) is 12.8 Å². The van der Waals surface area contributed by atoms with Crippen molar-refractivity contribution in [3.63, 3.8) is 0 Å². The summed E-state index contributed by atoms with van der Waals surface area (Å²) in [7, 11) is 3.11. The van der Waals surface area contributed by atoms with E-state index in [-0.39, 0.29) is 5.91 Å². The fourth-order valence-corrected chi connectivity index (χ4v) is 3.32. The number of nitrogens with one attached hydrogen (secondary N) is 2. The number of aromatic nitrogens is 2. The molecule has 0 saturated heterocycles. The van der Waals surface area contributed by atoms with E-state index >= 15 is 0 Å². The van der Waals surface area contributed by atoms with Gasteiger partial charge in [-0.1, -0.05) is 24.3 Å². The van der Waals surface area contributed by atoms with Crippen LogP contribution in [-0.4, -0.2) is 30.1 Å². The second kappa shape index (κ2) is 8.69. The number of ether oxygens (including phenoxy) is 2. The molecule has 6 nitrogen and oxygen atoms in total. The van der Waals surface area contributed by atoms with Gasteiger partial charge in [0.1, 0.15) is 5.82 Å². The molecule has 4 aromatic rings. The zero-order chi connectivity index (χ0) is 20.9. The maximum absolute atomic E-state index is 12.5. The van der Waals surface area contributed by atoms with Crippen LogP contribution in [0.25, 0.3) is 11.0 Å². The number of anilines is 1. The molecule has 0 fully saturated rings. The molecule has 0 aliphatic rings. The normalized spacial score (nSPS) is 10.7. The van der Waals surface area contributed by atoms with Gasteiger partial charge in [0.25, 0.3) is 5.91 Å². The average Bonchev–Trinajstić information content (AvgIpc) is 3.21. The van der Waals surface area contributed by atoms with Gasteiger partial charge in [-0.3, -0.25) is 4.79 Å². The van der Waals surface area contributed by atoms with E-state index in [9.17, 15) is 4.79 Å². The van der Waals surface area contributed by atoms with Gasteiger partial charge in [0, 0.05) is 17.7 Å². The van der Waals surface area contributed by atoms with Crippen LogP contribution in [0, 0.1) is 0 Å². The number of carbonyl (C=O) groups excluding carboxylic acids is 1. The quantitative estimate of drug-likeness (QED) is 0.474. The first kappa shape index (κ1) is 19.5. The number of hydrogen-bond donors (Lipinski definition) is 2. The van der Waals surface area contributed by atoms with Crippen LogP contribution in [0.1, 0.15) is 21.7 Å². The number of benzene rings is 3. The van der Waals surface area contributed by atoms with Crippen LogP contribution in [-0.2, 0) is 12.8 Å². The van der Waals surface area contributed by atoms with Crippen molar-refractivity contribution in [3.8, 4) is 11.5 Å². The summed E-state index contributed by atoms with van der Waals surface area (Å²) in [5, 5.41) is 2.91. The molecule has 1 amide bonds. The monoisotopic (exact) mass is 401 g/mol. The molecule has 0 saturated carbocycles. The summed E-state index contributed by atoms with van der Waals surface area (Å²) < 4.78 is 10.5. The molecule has 0 atom stereocenters. The Kier molecular flexibility index (Phi) is 5.66. The summed E-state index contributed by atoms with van der Waals surface area (Å²) in [4.78, 5) is 20.5. The molecular formula is C24H23N3O3. The fraction of sp³-hybridized carbons (Fsp3) is 0.167. The summed E-state index contributed by atoms with van der Waals surface area (Å²) >= 11 is 0. The smallest absolute Gasteiger partial charge is 0.255 e. The molecule has 3 aromatic carbocycles. The van der Waals surface area contributed by atoms with Crippen molar-refractivity contribution in [1.29, 1.82) is 0 Å². The van der Waals surface area contributed by atoms with Gasteiger partial charge in [0.2, 0.25) is 0 Å². The lowest BCUT2D eigenvalue weighted by Gasteiger charge is -2.10. The van der Waals surface area contributed by atoms with Crippen molar-refractivity contribution in [2.24, 2.45) is 0 Å². The van der Waals surface area contributed by atoms with Gasteiger partial charge in [-0.05, 0) is 54.4 Å². The lowest BCUT2D eigenvalue weighted by Crippen LogP contribution is -2.12. The number of nitrogens with zero attached hydrogens (tertiary/aromatic N) is 1. The van der Waals surface area contributed by atoms with E-state index in [2.05, 4.69) is 15.3 Å². The van der Waals surface area contributed by atoms with Crippen LogP contribution in [0.2, 0.25) is 0 Å². The molecule has 0 spiro atoms. The predicted octanol–water partition coefficient (Wildman–Crippen LogP) is 4.62. The van der Waals surface area contributed by atoms with Crippen molar-refractivity contribution >= 4 is 22.6 Å². The van der Waals surface area contributed by atoms with Gasteiger partial charge in [-0.25, -0.2) is 4.98 Å². The van der Waals surface area contributed by atoms with Crippen LogP contribution in [0.3, 0.4) is 0 Å². The van der Waals surface area contributed by atoms with Crippen molar-refractivity contribution in [3.05, 3.63) is 83.7 Å². The number of amides is 1. The van der Waals surface area contributed by atoms with Gasteiger partial charge < -0.3 is 19.8 Å². The number of carbonyl (C=O) groups is 1. The highest BCUT2D eigenvalue weighted by Gasteiger charge is 2.11. The summed E-state index contributed by atoms with van der Waals surface area (Å²) in [6, 6.07) is 21.0. The molecular weight excluding hydrogens is 378 g/mol. The standard InChI is InChI=1S/C24H23N3O3/c1-29-21-13-10-17(15-22(21)30-2)24(28)25-18-11-7-16(8-12-18)9-14-23-26-19-5-3-4-6-20(19)27-23/h3-8,10-13,15H,9,14H2,1-2H3,(H,25,28)(H,26,27). The SMILES string of the molecule is COc1ccc(C(=O)Nc2ccc(CCc3nc4ccccc4[nH]3)cc2)cc1OC. The Morgan fingerprint density at radius 1 is 0.933 bits per heavy atom. The fourth-order valence-electron chi connectivity index (χ4n) is 3.32. The van der Waals surface area contributed by atoms with Crippen molar-refractivity contribution in [1.82, 2.24) is 9.97 Å². The van der Waals surface area contributed by atoms with Crippen LogP contribution < -0.4 is 14.8 Å². The third-order valence-corrected chi connectivity index (χ3v) is 4.95. The lowest BCUT2D eigenvalue weighted by atomic mass is 10.1. The molecule has 6 heteroatoms. The Bertz CT molecular complexity index is 1130. The first-order chi connectivity index (χ1) is 14.7. The number of rotatable bonds is 7. The second-order valence-electron chi connectivity index (χ2n) is 6.92. The summed E-state index contributed by atoms with van der Waals surface area (Å²) in [6.07, 6.45) is 1.69. The number of para-hydroxylation sites is 2. The number of aromatic amines is 1. The largest absolute Gasteiger partial charge is 0.493 e. The maximum atomic E-state index is 12.5. The van der Waals surface area contributed by atoms with E-state index in [1.165, 1.54) is 5.56 Å². The molecule has 0 radical (unpaired) electrons. The van der Waals surface area contributed by atoms with E-state index in [4.69, 9.17) is 9.47 Å². The molecule has 1 heterocycles. The number of methoxy groups -OCH3 is 2. The van der Waals surface area contributed by atoms with Gasteiger partial charge in [0.05, 0.1) is 25.3 Å². The van der Waals surface area contributed by atoms with Crippen LogP contribution in [0.15, 0.2) is 66.7 Å². The topological polar surface area (TPSA) is 76.2 Å². The molecule has 152 valence electrons. The maximum Gasteiger partial charge on any atom is 0.255 e. The minimum Gasteiger partial charge on any atom is -0.493 e. The van der Waals surface area contributed by atoms with E-state index < -0.39 is 0 Å². The molecule has 0 aliphatic heterocycles. The number of imidazole rings is 1. The third kappa shape index (κ3) is 4.27. The number of H-pyrrole nitrogens is 1. The van der Waals surface area contributed by atoms with Crippen molar-refractivity contribution < 1.29 is 14.3 Å². The highest BCUT2D eigenvalue weighted by Crippen LogP contribution is 2.28. The Hall–Kier alpha value is -3.80. The summed E-state index contributed by atoms with van der Waals surface area (Å²) in [6.45, 7) is 0. The Morgan fingerprint density at radius 2 is 1.70 bits per heavy atom. The first-order valence-electron chi connectivity index (χ1n) is 9.72. The first-order valence-corrected chi connectivity index (χ1v) is 9.72. The zero-order valence-electron chi connectivity index (χ0n) is 16.9. The van der Waals surface area contributed by atoms with E-state index in [0.29, 0.717) is 17.1 Å². The molecule has 1 aromatic heterocycles. The average molecular weight is 401 g/mol. The van der Waals surface area contributed by atoms with Gasteiger partial charge in [-0.2, -0.15) is 0 Å². The molecule has 0 aliphatic carbocycles. The minimum atomic E-state index is -0.203. The molecule has 2 N–H and O–H groups in total. The Balaban J connectivity index is 1.37. The minimum absolute atomic E-state index is 0.203. The highest BCUT2D eigenvalue weighted by molar-refractivity contribution is 6.04. The molecule has 4 rings (SSSR count). The number of fused-ring (bicyclic) bond motifs is 1. The van der Waals surface area contributed by atoms with E-state index in [1.807, 2.05) is 48.5 Å². The number of hydrogen-bond acceptors (Lipinski definition) is 4. The Labute approximate surface area is 174 Å². The molecule has 0 bridgehead atoms. The third-order valence-electron chi connectivity index (χ3n) is 4.95. The zero-order valence-corrected chi connectivity index (χ0v) is 16.9. The second-order valence-corrected chi connectivity index (χ2v) is 6.92. The number of aryl methyl sites for hydroxylation is 2. The van der Waals surface area contributed by atoms with Crippen LogP contribution >= 0.6 is 0 Å². The van der Waals surface area contributed by atoms with Crippen LogP contribution in [0.5, 0.6) is 11.5 Å². The van der Waals surface area contributed by atoms with Gasteiger partial charge in [0.15, 0.2) is 11.5 Å². The summed E-state index contributed by atoms with van der Waals surface area (Å²) in [5.74, 6) is 1.88. The van der Waals surface area contributed by atoms with E-state index in [0.717, 1.165) is 35.4 Å². The van der Waals surface area contributed by atoms with Crippen LogP contribution in [0.4, 0.5) is 5.69 Å². The Morgan fingerprint density at radius 3 is 2.43 bits per heavy atom. The summed E-state index contributed by atoms with van der Waals surface area (Å²) in [5.41, 5.74) is 4.46. The van der Waals surface area contributed by atoms with Crippen molar-refractivity contribution in [2.75, 3.05) is 19.5 Å². The van der Waals surface area contributed by atoms with Gasteiger partial charge >= 0.3 is 0 Å². The lowest BCUT2D eigenvalue weighted by molar-refractivity contribution is 0.102. The predicted molar refractivity (Wildman–Crippen MR) is 117 cm³/mol. The molecule has 30 heavy (non-hydrogen) atoms. The van der Waals surface area contributed by atoms with E-state index in [1.54, 1.807) is 32.4 Å². The molecule has 0 unspecified atom stereocenters. The highest BCUT2D eigenvalue weighted by atomic mass is 16.5. The van der Waals surface area contributed by atoms with Gasteiger partial charge in [-0.15, -0.1) is 0 Å².